The lowest BCUT2D eigenvalue weighted by atomic mass is 10.1. The van der Waals surface area contributed by atoms with E-state index in [0.717, 1.165) is 19.6 Å². The van der Waals surface area contributed by atoms with E-state index in [1.54, 1.807) is 0 Å². The van der Waals surface area contributed by atoms with Crippen LogP contribution in [0.1, 0.15) is 19.8 Å². The highest BCUT2D eigenvalue weighted by molar-refractivity contribution is 4.80. The van der Waals surface area contributed by atoms with Crippen molar-refractivity contribution in [2.75, 3.05) is 52.9 Å². The molecule has 2 N–H and O–H groups in total. The number of likely N-dealkylation sites (N-methyl/N-ethyl adjacent to an activating group) is 1. The number of piperidine rings is 1. The van der Waals surface area contributed by atoms with Gasteiger partial charge in [0.25, 0.3) is 0 Å². The van der Waals surface area contributed by atoms with Crippen LogP contribution in [-0.2, 0) is 0 Å². The van der Waals surface area contributed by atoms with Crippen LogP contribution < -0.4 is 10.6 Å². The van der Waals surface area contributed by atoms with Gasteiger partial charge in [-0.15, -0.1) is 0 Å². The van der Waals surface area contributed by atoms with Gasteiger partial charge in [0, 0.05) is 51.4 Å². The summed E-state index contributed by atoms with van der Waals surface area (Å²) >= 11 is 0. The zero-order chi connectivity index (χ0) is 12.1. The Kier molecular flexibility index (Phi) is 5.22. The van der Waals surface area contributed by atoms with Crippen LogP contribution in [0.25, 0.3) is 0 Å². The Labute approximate surface area is 106 Å². The molecule has 2 atom stereocenters. The molecule has 4 heteroatoms. The first kappa shape index (κ1) is 13.3. The molecule has 2 aliphatic heterocycles. The van der Waals surface area contributed by atoms with Crippen LogP contribution in [0.2, 0.25) is 0 Å². The van der Waals surface area contributed by atoms with Crippen LogP contribution >= 0.6 is 0 Å². The van der Waals surface area contributed by atoms with E-state index in [1.807, 2.05) is 0 Å². The summed E-state index contributed by atoms with van der Waals surface area (Å²) in [6.07, 6.45) is 2.69. The molecule has 2 unspecified atom stereocenters. The summed E-state index contributed by atoms with van der Waals surface area (Å²) in [5.74, 6) is 0. The number of piperazine rings is 1. The molecule has 0 amide bonds. The lowest BCUT2D eigenvalue weighted by Gasteiger charge is -2.35. The number of likely N-dealkylation sites (tertiary alicyclic amines) is 1. The van der Waals surface area contributed by atoms with Crippen molar-refractivity contribution in [3.63, 3.8) is 0 Å². The van der Waals surface area contributed by atoms with Crippen molar-refractivity contribution in [3.8, 4) is 0 Å². The molecule has 2 rings (SSSR count). The van der Waals surface area contributed by atoms with Crippen molar-refractivity contribution >= 4 is 0 Å². The Balaban J connectivity index is 1.66. The number of hydrogen-bond acceptors (Lipinski definition) is 4. The Morgan fingerprint density at radius 2 is 2.06 bits per heavy atom. The van der Waals surface area contributed by atoms with Gasteiger partial charge in [0.2, 0.25) is 0 Å². The van der Waals surface area contributed by atoms with Gasteiger partial charge in [0.1, 0.15) is 0 Å². The predicted octanol–water partition coefficient (Wildman–Crippen LogP) is -0.0361. The number of nitrogens with zero attached hydrogens (tertiary/aromatic N) is 2. The average Bonchev–Trinajstić information content (AvgIpc) is 2.37. The summed E-state index contributed by atoms with van der Waals surface area (Å²) in [6.45, 7) is 10.7. The van der Waals surface area contributed by atoms with Crippen molar-refractivity contribution in [2.45, 2.75) is 31.8 Å². The molecule has 0 radical (unpaired) electrons. The van der Waals surface area contributed by atoms with E-state index in [2.05, 4.69) is 34.4 Å². The normalized spacial score (nSPS) is 30.4. The van der Waals surface area contributed by atoms with E-state index >= 15 is 0 Å². The summed E-state index contributed by atoms with van der Waals surface area (Å²) in [4.78, 5) is 5.03. The minimum atomic E-state index is 0.671. The highest BCUT2D eigenvalue weighted by Gasteiger charge is 2.20. The minimum Gasteiger partial charge on any atom is -0.314 e. The largest absolute Gasteiger partial charge is 0.314 e. The molecular weight excluding hydrogens is 212 g/mol. The number of nitrogens with one attached hydrogen (secondary N) is 2. The van der Waals surface area contributed by atoms with E-state index in [4.69, 9.17) is 0 Å². The van der Waals surface area contributed by atoms with E-state index in [-0.39, 0.29) is 0 Å². The minimum absolute atomic E-state index is 0.671. The maximum absolute atomic E-state index is 3.75. The zero-order valence-corrected chi connectivity index (χ0v) is 11.4. The van der Waals surface area contributed by atoms with Crippen LogP contribution in [-0.4, -0.2) is 74.7 Å². The molecule has 2 heterocycles. The fourth-order valence-corrected chi connectivity index (χ4v) is 2.92. The molecule has 2 saturated heterocycles. The molecule has 4 nitrogen and oxygen atoms in total. The van der Waals surface area contributed by atoms with Gasteiger partial charge < -0.3 is 15.5 Å². The molecule has 2 fully saturated rings. The molecule has 0 aromatic heterocycles. The van der Waals surface area contributed by atoms with Gasteiger partial charge in [-0.05, 0) is 33.4 Å². The maximum Gasteiger partial charge on any atom is 0.0196 e. The van der Waals surface area contributed by atoms with E-state index in [1.165, 1.54) is 39.0 Å². The van der Waals surface area contributed by atoms with Crippen LogP contribution in [0, 0.1) is 0 Å². The molecule has 0 saturated carbocycles. The fourth-order valence-electron chi connectivity index (χ4n) is 2.92. The Morgan fingerprint density at radius 1 is 1.29 bits per heavy atom. The Bertz CT molecular complexity index is 215. The second-order valence-corrected chi connectivity index (χ2v) is 5.64. The zero-order valence-electron chi connectivity index (χ0n) is 11.4. The Morgan fingerprint density at radius 3 is 2.76 bits per heavy atom. The summed E-state index contributed by atoms with van der Waals surface area (Å²) in [7, 11) is 2.23. The smallest absolute Gasteiger partial charge is 0.0196 e. The second kappa shape index (κ2) is 6.69. The summed E-state index contributed by atoms with van der Waals surface area (Å²) in [5, 5.41) is 7.16. The lowest BCUT2D eigenvalue weighted by Crippen LogP contribution is -2.53. The molecule has 0 spiro atoms. The maximum atomic E-state index is 3.75. The quantitative estimate of drug-likeness (QED) is 0.722. The molecule has 2 aliphatic rings. The summed E-state index contributed by atoms with van der Waals surface area (Å²) in [5.41, 5.74) is 0. The third kappa shape index (κ3) is 4.21. The van der Waals surface area contributed by atoms with Gasteiger partial charge in [0.05, 0.1) is 0 Å². The van der Waals surface area contributed by atoms with Gasteiger partial charge >= 0.3 is 0 Å². The van der Waals surface area contributed by atoms with Crippen LogP contribution in [0.15, 0.2) is 0 Å². The first-order valence-electron chi connectivity index (χ1n) is 7.12. The molecule has 100 valence electrons. The second-order valence-electron chi connectivity index (χ2n) is 5.64. The van der Waals surface area contributed by atoms with Crippen molar-refractivity contribution in [3.05, 3.63) is 0 Å². The third-order valence-electron chi connectivity index (χ3n) is 4.10. The van der Waals surface area contributed by atoms with Gasteiger partial charge in [-0.25, -0.2) is 0 Å². The third-order valence-corrected chi connectivity index (χ3v) is 4.10. The molecule has 0 aromatic carbocycles. The lowest BCUT2D eigenvalue weighted by molar-refractivity contribution is 0.166. The first-order valence-corrected chi connectivity index (χ1v) is 7.12. The van der Waals surface area contributed by atoms with Crippen LogP contribution in [0.5, 0.6) is 0 Å². The predicted molar refractivity (Wildman–Crippen MR) is 72.4 cm³/mol. The van der Waals surface area contributed by atoms with Gasteiger partial charge in [0.15, 0.2) is 0 Å². The summed E-state index contributed by atoms with van der Waals surface area (Å²) in [6, 6.07) is 1.38. The Hall–Kier alpha value is -0.160. The SMILES string of the molecule is CC(CNC1CCCN(C)C1)N1CCNCC1. The van der Waals surface area contributed by atoms with Crippen molar-refractivity contribution in [1.29, 1.82) is 0 Å². The van der Waals surface area contributed by atoms with Gasteiger partial charge in [-0.1, -0.05) is 0 Å². The monoisotopic (exact) mass is 240 g/mol. The van der Waals surface area contributed by atoms with Crippen molar-refractivity contribution < 1.29 is 0 Å². The highest BCUT2D eigenvalue weighted by Crippen LogP contribution is 2.08. The van der Waals surface area contributed by atoms with Crippen LogP contribution in [0.4, 0.5) is 0 Å². The van der Waals surface area contributed by atoms with Crippen molar-refractivity contribution in [2.24, 2.45) is 0 Å². The number of hydrogen-bond donors (Lipinski definition) is 2. The standard InChI is InChI=1S/C13H28N4/c1-12(17-8-5-14-6-9-17)10-15-13-4-3-7-16(2)11-13/h12-15H,3-11H2,1-2H3. The van der Waals surface area contributed by atoms with Crippen LogP contribution in [0.3, 0.4) is 0 Å². The van der Waals surface area contributed by atoms with E-state index in [9.17, 15) is 0 Å². The van der Waals surface area contributed by atoms with E-state index < -0.39 is 0 Å². The highest BCUT2D eigenvalue weighted by atomic mass is 15.2. The number of rotatable bonds is 4. The average molecular weight is 240 g/mol. The fraction of sp³-hybridized carbons (Fsp3) is 1.00. The molecular formula is C13H28N4. The molecule has 0 bridgehead atoms. The topological polar surface area (TPSA) is 30.5 Å². The molecule has 17 heavy (non-hydrogen) atoms. The van der Waals surface area contributed by atoms with Gasteiger partial charge in [-0.2, -0.15) is 0 Å². The van der Waals surface area contributed by atoms with Crippen molar-refractivity contribution in [1.82, 2.24) is 20.4 Å². The van der Waals surface area contributed by atoms with E-state index in [0.29, 0.717) is 12.1 Å². The molecule has 0 aromatic rings. The summed E-state index contributed by atoms with van der Waals surface area (Å²) < 4.78 is 0. The molecule has 0 aliphatic carbocycles. The first-order chi connectivity index (χ1) is 8.25. The van der Waals surface area contributed by atoms with Gasteiger partial charge in [-0.3, -0.25) is 4.90 Å².